The summed E-state index contributed by atoms with van der Waals surface area (Å²) in [4.78, 5) is 0. The number of phenols is 1. The van der Waals surface area contributed by atoms with Gasteiger partial charge in [0.15, 0.2) is 0 Å². The zero-order valence-corrected chi connectivity index (χ0v) is 16.4. The summed E-state index contributed by atoms with van der Waals surface area (Å²) in [5.41, 5.74) is 4.87. The molecule has 5 heteroatoms. The average molecular weight is 386 g/mol. The molecule has 1 N–H and O–H groups in total. The summed E-state index contributed by atoms with van der Waals surface area (Å²) >= 11 is 0. The maximum Gasteiger partial charge on any atom is 0.214 e. The van der Waals surface area contributed by atoms with Crippen LogP contribution < -0.4 is 9.47 Å². The standard InChI is InChI=1S/C24H22N2O3/c1-15-7-3-4-8-17(15)24-26-21(18-9-5-6-10-23(18)29-24)14-20(25-26)19-13-16(28-2)11-12-22(19)27/h3-13,21,24,27H,14H2,1-2H3. The third kappa shape index (κ3) is 2.90. The molecule has 29 heavy (non-hydrogen) atoms. The molecule has 0 spiro atoms. The number of hydrogen-bond donors (Lipinski definition) is 1. The van der Waals surface area contributed by atoms with Crippen molar-refractivity contribution in [2.24, 2.45) is 5.10 Å². The number of benzene rings is 3. The van der Waals surface area contributed by atoms with Gasteiger partial charge in [-0.2, -0.15) is 5.10 Å². The van der Waals surface area contributed by atoms with Crippen LogP contribution in [-0.4, -0.2) is 22.9 Å². The Morgan fingerprint density at radius 1 is 1.03 bits per heavy atom. The molecule has 0 amide bonds. The van der Waals surface area contributed by atoms with Crippen LogP contribution in [0.15, 0.2) is 71.8 Å². The van der Waals surface area contributed by atoms with Gasteiger partial charge in [-0.15, -0.1) is 0 Å². The van der Waals surface area contributed by atoms with E-state index in [1.165, 1.54) is 0 Å². The summed E-state index contributed by atoms with van der Waals surface area (Å²) in [5, 5.41) is 17.4. The van der Waals surface area contributed by atoms with Crippen molar-refractivity contribution in [1.82, 2.24) is 5.01 Å². The van der Waals surface area contributed by atoms with Gasteiger partial charge in [0.25, 0.3) is 0 Å². The summed E-state index contributed by atoms with van der Waals surface area (Å²) < 4.78 is 11.7. The van der Waals surface area contributed by atoms with E-state index in [-0.39, 0.29) is 18.0 Å². The number of rotatable bonds is 3. The Morgan fingerprint density at radius 2 is 1.79 bits per heavy atom. The first-order valence-electron chi connectivity index (χ1n) is 9.70. The van der Waals surface area contributed by atoms with Crippen molar-refractivity contribution in [3.05, 3.63) is 89.0 Å². The highest BCUT2D eigenvalue weighted by atomic mass is 16.5. The van der Waals surface area contributed by atoms with Crippen LogP contribution in [0, 0.1) is 6.92 Å². The molecule has 0 saturated carbocycles. The largest absolute Gasteiger partial charge is 0.507 e. The van der Waals surface area contributed by atoms with Crippen LogP contribution >= 0.6 is 0 Å². The van der Waals surface area contributed by atoms with Gasteiger partial charge in [0, 0.05) is 23.1 Å². The van der Waals surface area contributed by atoms with E-state index in [4.69, 9.17) is 14.6 Å². The van der Waals surface area contributed by atoms with Gasteiger partial charge < -0.3 is 14.6 Å². The lowest BCUT2D eigenvalue weighted by atomic mass is 9.95. The molecular formula is C24H22N2O3. The Balaban J connectivity index is 1.63. The van der Waals surface area contributed by atoms with Crippen LogP contribution in [0.5, 0.6) is 17.2 Å². The van der Waals surface area contributed by atoms with Gasteiger partial charge in [-0.25, -0.2) is 5.01 Å². The summed E-state index contributed by atoms with van der Waals surface area (Å²) in [6, 6.07) is 21.6. The van der Waals surface area contributed by atoms with E-state index in [1.54, 1.807) is 19.2 Å². The van der Waals surface area contributed by atoms with Crippen LogP contribution in [0.25, 0.3) is 0 Å². The summed E-state index contributed by atoms with van der Waals surface area (Å²) in [5.74, 6) is 1.77. The van der Waals surface area contributed by atoms with Crippen molar-refractivity contribution in [2.75, 3.05) is 7.11 Å². The van der Waals surface area contributed by atoms with Gasteiger partial charge >= 0.3 is 0 Å². The molecule has 146 valence electrons. The maximum atomic E-state index is 10.5. The van der Waals surface area contributed by atoms with Gasteiger partial charge in [0.1, 0.15) is 17.2 Å². The minimum Gasteiger partial charge on any atom is -0.507 e. The highest BCUT2D eigenvalue weighted by Crippen LogP contribution is 2.48. The Kier molecular flexibility index (Phi) is 4.16. The smallest absolute Gasteiger partial charge is 0.214 e. The first-order valence-corrected chi connectivity index (χ1v) is 9.70. The van der Waals surface area contributed by atoms with E-state index in [2.05, 4.69) is 25.1 Å². The predicted molar refractivity (Wildman–Crippen MR) is 111 cm³/mol. The molecule has 5 rings (SSSR count). The van der Waals surface area contributed by atoms with E-state index in [0.717, 1.165) is 28.2 Å². The van der Waals surface area contributed by atoms with E-state index in [9.17, 15) is 5.11 Å². The van der Waals surface area contributed by atoms with E-state index >= 15 is 0 Å². The quantitative estimate of drug-likeness (QED) is 0.692. The van der Waals surface area contributed by atoms with Crippen molar-refractivity contribution in [3.8, 4) is 17.2 Å². The van der Waals surface area contributed by atoms with Gasteiger partial charge in [-0.05, 0) is 36.8 Å². The molecule has 0 radical (unpaired) electrons. The average Bonchev–Trinajstić information content (AvgIpc) is 3.19. The molecule has 2 atom stereocenters. The number of hydrogen-bond acceptors (Lipinski definition) is 5. The van der Waals surface area contributed by atoms with Crippen molar-refractivity contribution in [1.29, 1.82) is 0 Å². The van der Waals surface area contributed by atoms with Gasteiger partial charge in [0.05, 0.1) is 18.9 Å². The number of ether oxygens (including phenoxy) is 2. The minimum absolute atomic E-state index is 0.0464. The molecule has 3 aromatic rings. The van der Waals surface area contributed by atoms with Crippen LogP contribution in [0.3, 0.4) is 0 Å². The molecule has 2 aliphatic heterocycles. The number of nitrogens with zero attached hydrogens (tertiary/aromatic N) is 2. The molecule has 0 aliphatic carbocycles. The molecule has 3 aromatic carbocycles. The van der Waals surface area contributed by atoms with Gasteiger partial charge in [-0.3, -0.25) is 0 Å². The topological polar surface area (TPSA) is 54.3 Å². The van der Waals surface area contributed by atoms with Crippen LogP contribution in [0.2, 0.25) is 0 Å². The minimum atomic E-state index is -0.318. The van der Waals surface area contributed by atoms with Gasteiger partial charge in [0.2, 0.25) is 6.23 Å². The molecule has 0 fully saturated rings. The molecule has 2 unspecified atom stereocenters. The highest BCUT2D eigenvalue weighted by molar-refractivity contribution is 6.04. The lowest BCUT2D eigenvalue weighted by molar-refractivity contribution is -0.0194. The van der Waals surface area contributed by atoms with E-state index in [1.807, 2.05) is 41.4 Å². The van der Waals surface area contributed by atoms with E-state index < -0.39 is 0 Å². The summed E-state index contributed by atoms with van der Waals surface area (Å²) in [6.07, 6.45) is 0.366. The number of aromatic hydroxyl groups is 1. The molecule has 0 aromatic heterocycles. The molecular weight excluding hydrogens is 364 g/mol. The Morgan fingerprint density at radius 3 is 2.59 bits per heavy atom. The molecule has 2 aliphatic rings. The Bertz CT molecular complexity index is 1110. The SMILES string of the molecule is COc1ccc(O)c(C2=NN3C(C2)c2ccccc2OC3c2ccccc2C)c1. The highest BCUT2D eigenvalue weighted by Gasteiger charge is 2.41. The lowest BCUT2D eigenvalue weighted by Gasteiger charge is -2.38. The number of aryl methyl sites for hydroxylation is 1. The number of phenolic OH excluding ortho intramolecular Hbond substituents is 1. The number of methoxy groups -OCH3 is 1. The van der Waals surface area contributed by atoms with Crippen LogP contribution in [-0.2, 0) is 0 Å². The maximum absolute atomic E-state index is 10.5. The zero-order valence-electron chi connectivity index (χ0n) is 16.4. The fraction of sp³-hybridized carbons (Fsp3) is 0.208. The Labute approximate surface area is 169 Å². The van der Waals surface area contributed by atoms with Gasteiger partial charge in [-0.1, -0.05) is 42.5 Å². The number of hydrazone groups is 1. The fourth-order valence-corrected chi connectivity index (χ4v) is 4.14. The van der Waals surface area contributed by atoms with Crippen molar-refractivity contribution in [3.63, 3.8) is 0 Å². The van der Waals surface area contributed by atoms with Crippen LogP contribution in [0.1, 0.15) is 40.9 Å². The second-order valence-electron chi connectivity index (χ2n) is 7.39. The molecule has 0 bridgehead atoms. The monoisotopic (exact) mass is 386 g/mol. The molecule has 5 nitrogen and oxygen atoms in total. The third-order valence-corrected chi connectivity index (χ3v) is 5.67. The molecule has 2 heterocycles. The van der Waals surface area contributed by atoms with Crippen molar-refractivity contribution < 1.29 is 14.6 Å². The molecule has 0 saturated heterocycles. The second kappa shape index (κ2) is 6.85. The van der Waals surface area contributed by atoms with E-state index in [0.29, 0.717) is 17.7 Å². The fourth-order valence-electron chi connectivity index (χ4n) is 4.14. The lowest BCUT2D eigenvalue weighted by Crippen LogP contribution is -2.34. The first-order chi connectivity index (χ1) is 14.2. The predicted octanol–water partition coefficient (Wildman–Crippen LogP) is 4.95. The third-order valence-electron chi connectivity index (χ3n) is 5.67. The second-order valence-corrected chi connectivity index (χ2v) is 7.39. The van der Waals surface area contributed by atoms with Crippen LogP contribution in [0.4, 0.5) is 0 Å². The Hall–Kier alpha value is -3.47. The summed E-state index contributed by atoms with van der Waals surface area (Å²) in [6.45, 7) is 2.09. The normalized spacial score (nSPS) is 19.8. The van der Waals surface area contributed by atoms with Crippen molar-refractivity contribution in [2.45, 2.75) is 25.6 Å². The summed E-state index contributed by atoms with van der Waals surface area (Å²) in [7, 11) is 1.62. The number of para-hydroxylation sites is 1. The number of fused-ring (bicyclic) bond motifs is 3. The van der Waals surface area contributed by atoms with Crippen molar-refractivity contribution >= 4 is 5.71 Å². The zero-order chi connectivity index (χ0) is 20.0. The first kappa shape index (κ1) is 17.6.